The standard InChI is InChI=1S/C15H16N8OS2/c1-8-4-11(6-16-22-9(2)18-20-14(22)25)13(24)12(5-8)7-17-23-10(3)19-21-15(23)26/h4-7,24H,1-3H3,(H,20,25)(H,21,26)/b16-6+,17-7?. The highest BCUT2D eigenvalue weighted by molar-refractivity contribution is 7.71. The number of phenols is 1. The van der Waals surface area contributed by atoms with Crippen molar-refractivity contribution in [1.82, 2.24) is 29.7 Å². The van der Waals surface area contributed by atoms with Gasteiger partial charge in [0.25, 0.3) is 0 Å². The Morgan fingerprint density at radius 1 is 0.923 bits per heavy atom. The Kier molecular flexibility index (Phi) is 4.91. The van der Waals surface area contributed by atoms with Gasteiger partial charge in [-0.3, -0.25) is 10.2 Å². The van der Waals surface area contributed by atoms with Gasteiger partial charge in [0.2, 0.25) is 9.54 Å². The minimum Gasteiger partial charge on any atom is -0.507 e. The monoisotopic (exact) mass is 388 g/mol. The summed E-state index contributed by atoms with van der Waals surface area (Å²) in [6, 6.07) is 3.62. The smallest absolute Gasteiger partial charge is 0.216 e. The van der Waals surface area contributed by atoms with Crippen molar-refractivity contribution in [2.24, 2.45) is 10.2 Å². The van der Waals surface area contributed by atoms with Crippen LogP contribution in [0.4, 0.5) is 0 Å². The summed E-state index contributed by atoms with van der Waals surface area (Å²) in [5, 5.41) is 32.4. The largest absolute Gasteiger partial charge is 0.507 e. The molecule has 0 aliphatic rings. The number of benzene rings is 1. The molecule has 0 unspecified atom stereocenters. The SMILES string of the molecule is Cc1cc(C=Nn2c(C)n[nH]c2=S)c(O)c(/C=N/n2c(C)n[nH]c2=S)c1. The predicted octanol–water partition coefficient (Wildman–Crippen LogP) is 2.59. The zero-order valence-electron chi connectivity index (χ0n) is 14.3. The lowest BCUT2D eigenvalue weighted by Gasteiger charge is -2.05. The molecular formula is C15H16N8OS2. The summed E-state index contributed by atoms with van der Waals surface area (Å²) in [5.41, 5.74) is 1.99. The molecule has 2 aromatic heterocycles. The Morgan fingerprint density at radius 2 is 1.35 bits per heavy atom. The van der Waals surface area contributed by atoms with Crippen molar-refractivity contribution in [2.75, 3.05) is 0 Å². The Balaban J connectivity index is 1.99. The van der Waals surface area contributed by atoms with E-state index in [2.05, 4.69) is 30.6 Å². The van der Waals surface area contributed by atoms with Crippen molar-refractivity contribution in [3.8, 4) is 5.75 Å². The van der Waals surface area contributed by atoms with Crippen LogP contribution in [0.5, 0.6) is 5.75 Å². The van der Waals surface area contributed by atoms with Crippen LogP contribution in [0, 0.1) is 30.3 Å². The molecular weight excluding hydrogens is 372 g/mol. The Labute approximate surface area is 158 Å². The molecule has 1 aromatic carbocycles. The first kappa shape index (κ1) is 17.9. The lowest BCUT2D eigenvalue weighted by molar-refractivity contribution is 0.473. The number of hydrogen-bond donors (Lipinski definition) is 3. The number of aryl methyl sites for hydroxylation is 3. The minimum absolute atomic E-state index is 0.0448. The molecule has 3 rings (SSSR count). The summed E-state index contributed by atoms with van der Waals surface area (Å²) in [6.45, 7) is 5.46. The summed E-state index contributed by atoms with van der Waals surface area (Å²) >= 11 is 10.2. The number of rotatable bonds is 4. The number of aromatic amines is 2. The maximum atomic E-state index is 10.5. The van der Waals surface area contributed by atoms with Gasteiger partial charge in [-0.05, 0) is 62.9 Å². The molecule has 0 atom stereocenters. The molecule has 2 heterocycles. The van der Waals surface area contributed by atoms with Crippen LogP contribution in [0.25, 0.3) is 0 Å². The first-order valence-corrected chi connectivity index (χ1v) is 8.39. The van der Waals surface area contributed by atoms with Crippen LogP contribution in [-0.4, -0.2) is 47.3 Å². The number of phenolic OH excluding ortho intramolecular Hbond substituents is 1. The number of hydrogen-bond acceptors (Lipinski definition) is 7. The van der Waals surface area contributed by atoms with E-state index in [4.69, 9.17) is 24.4 Å². The van der Waals surface area contributed by atoms with Gasteiger partial charge in [-0.15, -0.1) is 0 Å². The average Bonchev–Trinajstić information content (AvgIpc) is 3.09. The number of H-pyrrole nitrogens is 2. The van der Waals surface area contributed by atoms with E-state index in [1.54, 1.807) is 13.8 Å². The third-order valence-corrected chi connectivity index (χ3v) is 4.09. The number of aromatic hydroxyl groups is 1. The van der Waals surface area contributed by atoms with Crippen molar-refractivity contribution in [3.05, 3.63) is 50.0 Å². The van der Waals surface area contributed by atoms with Gasteiger partial charge in [0, 0.05) is 11.1 Å². The van der Waals surface area contributed by atoms with E-state index in [1.807, 2.05) is 19.1 Å². The molecule has 9 nitrogen and oxygen atoms in total. The van der Waals surface area contributed by atoms with E-state index >= 15 is 0 Å². The van der Waals surface area contributed by atoms with Gasteiger partial charge < -0.3 is 5.11 Å². The summed E-state index contributed by atoms with van der Waals surface area (Å²) in [4.78, 5) is 0. The van der Waals surface area contributed by atoms with Gasteiger partial charge in [-0.25, -0.2) is 0 Å². The van der Waals surface area contributed by atoms with Crippen molar-refractivity contribution >= 4 is 36.9 Å². The fourth-order valence-electron chi connectivity index (χ4n) is 2.29. The molecule has 0 spiro atoms. The van der Waals surface area contributed by atoms with Gasteiger partial charge in [-0.2, -0.15) is 29.8 Å². The van der Waals surface area contributed by atoms with Gasteiger partial charge >= 0.3 is 0 Å². The molecule has 3 aromatic rings. The van der Waals surface area contributed by atoms with Crippen molar-refractivity contribution in [2.45, 2.75) is 20.8 Å². The molecule has 0 fully saturated rings. The van der Waals surface area contributed by atoms with Crippen LogP contribution >= 0.6 is 24.4 Å². The minimum atomic E-state index is 0.0448. The van der Waals surface area contributed by atoms with E-state index in [-0.39, 0.29) is 5.75 Å². The lowest BCUT2D eigenvalue weighted by atomic mass is 10.1. The summed E-state index contributed by atoms with van der Waals surface area (Å²) in [5.74, 6) is 1.28. The topological polar surface area (TPSA) is 112 Å². The van der Waals surface area contributed by atoms with Crippen LogP contribution in [-0.2, 0) is 0 Å². The van der Waals surface area contributed by atoms with Gasteiger partial charge in [-0.1, -0.05) is 0 Å². The maximum Gasteiger partial charge on any atom is 0.216 e. The summed E-state index contributed by atoms with van der Waals surface area (Å²) < 4.78 is 3.69. The Morgan fingerprint density at radius 3 is 1.69 bits per heavy atom. The summed E-state index contributed by atoms with van der Waals surface area (Å²) in [6.07, 6.45) is 3.04. The molecule has 0 aliphatic carbocycles. The molecule has 11 heteroatoms. The van der Waals surface area contributed by atoms with Crippen LogP contribution < -0.4 is 0 Å². The highest BCUT2D eigenvalue weighted by Gasteiger charge is 2.07. The highest BCUT2D eigenvalue weighted by Crippen LogP contribution is 2.22. The molecule has 0 radical (unpaired) electrons. The Bertz CT molecular complexity index is 1050. The first-order valence-electron chi connectivity index (χ1n) is 7.57. The molecule has 3 N–H and O–H groups in total. The van der Waals surface area contributed by atoms with Crippen LogP contribution in [0.3, 0.4) is 0 Å². The van der Waals surface area contributed by atoms with Crippen LogP contribution in [0.1, 0.15) is 28.3 Å². The normalized spacial score (nSPS) is 11.8. The van der Waals surface area contributed by atoms with Crippen molar-refractivity contribution < 1.29 is 5.11 Å². The second kappa shape index (κ2) is 7.14. The molecule has 0 saturated heterocycles. The third-order valence-electron chi connectivity index (χ3n) is 3.56. The lowest BCUT2D eigenvalue weighted by Crippen LogP contribution is -1.98. The van der Waals surface area contributed by atoms with E-state index < -0.39 is 0 Å². The van der Waals surface area contributed by atoms with E-state index in [0.29, 0.717) is 32.3 Å². The van der Waals surface area contributed by atoms with E-state index in [0.717, 1.165) is 5.56 Å². The molecule has 134 valence electrons. The quantitative estimate of drug-likeness (QED) is 0.470. The Hall–Kier alpha value is -2.92. The fraction of sp³-hybridized carbons (Fsp3) is 0.200. The second-order valence-electron chi connectivity index (χ2n) is 5.56. The van der Waals surface area contributed by atoms with Crippen LogP contribution in [0.15, 0.2) is 22.3 Å². The molecule has 26 heavy (non-hydrogen) atoms. The predicted molar refractivity (Wildman–Crippen MR) is 103 cm³/mol. The number of nitrogens with one attached hydrogen (secondary N) is 2. The summed E-state index contributed by atoms with van der Waals surface area (Å²) in [7, 11) is 0. The maximum absolute atomic E-state index is 10.5. The fourth-order valence-corrected chi connectivity index (χ4v) is 2.73. The first-order chi connectivity index (χ1) is 12.4. The van der Waals surface area contributed by atoms with Gasteiger partial charge in [0.15, 0.2) is 0 Å². The zero-order valence-corrected chi connectivity index (χ0v) is 15.9. The molecule has 0 bridgehead atoms. The molecule has 0 aliphatic heterocycles. The molecule has 0 amide bonds. The third kappa shape index (κ3) is 3.53. The number of aromatic nitrogens is 6. The average molecular weight is 388 g/mol. The van der Waals surface area contributed by atoms with Crippen molar-refractivity contribution in [1.29, 1.82) is 0 Å². The van der Waals surface area contributed by atoms with E-state index in [1.165, 1.54) is 21.8 Å². The zero-order chi connectivity index (χ0) is 18.8. The van der Waals surface area contributed by atoms with Crippen molar-refractivity contribution in [3.63, 3.8) is 0 Å². The number of nitrogens with zero attached hydrogens (tertiary/aromatic N) is 6. The van der Waals surface area contributed by atoms with E-state index in [9.17, 15) is 5.11 Å². The van der Waals surface area contributed by atoms with Crippen LogP contribution in [0.2, 0.25) is 0 Å². The van der Waals surface area contributed by atoms with Gasteiger partial charge in [0.1, 0.15) is 17.4 Å². The van der Waals surface area contributed by atoms with Gasteiger partial charge in [0.05, 0.1) is 12.4 Å². The molecule has 0 saturated carbocycles. The second-order valence-corrected chi connectivity index (χ2v) is 6.33. The highest BCUT2D eigenvalue weighted by atomic mass is 32.1.